The number of benzene rings is 2. The number of hydrogen-bond acceptors (Lipinski definition) is 2. The number of rotatable bonds is 3. The molecule has 2 aromatic carbocycles. The molecule has 0 aromatic heterocycles. The third-order valence-corrected chi connectivity index (χ3v) is 3.34. The Bertz CT molecular complexity index is 647. The van der Waals surface area contributed by atoms with Crippen molar-refractivity contribution in [2.75, 3.05) is 5.32 Å². The van der Waals surface area contributed by atoms with Crippen molar-refractivity contribution in [1.82, 2.24) is 0 Å². The first kappa shape index (κ1) is 13.6. The van der Waals surface area contributed by atoms with Crippen molar-refractivity contribution in [2.45, 2.75) is 13.5 Å². The Morgan fingerprint density at radius 2 is 2.05 bits per heavy atom. The summed E-state index contributed by atoms with van der Waals surface area (Å²) < 4.78 is 14.7. The van der Waals surface area contributed by atoms with Gasteiger partial charge in [-0.15, -0.1) is 0 Å². The summed E-state index contributed by atoms with van der Waals surface area (Å²) in [5.41, 5.74) is 2.92. The minimum atomic E-state index is -0.362. The number of anilines is 1. The fourth-order valence-electron chi connectivity index (χ4n) is 1.74. The molecule has 96 valence electrons. The molecule has 0 fully saturated rings. The standard InChI is InChI=1S/C15H12BrFN2/c1-10-2-5-13(16)7-15(10)19-9-12-4-3-11(8-18)6-14(12)17/h2-7,19H,9H2,1H3. The number of nitrogens with zero attached hydrogens (tertiary/aromatic N) is 1. The molecule has 0 atom stereocenters. The van der Waals surface area contributed by atoms with Gasteiger partial charge in [0.25, 0.3) is 0 Å². The fourth-order valence-corrected chi connectivity index (χ4v) is 2.10. The summed E-state index contributed by atoms with van der Waals surface area (Å²) in [5, 5.41) is 11.9. The summed E-state index contributed by atoms with van der Waals surface area (Å²) in [6.07, 6.45) is 0. The molecule has 1 N–H and O–H groups in total. The van der Waals surface area contributed by atoms with Crippen molar-refractivity contribution in [1.29, 1.82) is 5.26 Å². The van der Waals surface area contributed by atoms with Crippen LogP contribution in [0.4, 0.5) is 10.1 Å². The van der Waals surface area contributed by atoms with E-state index in [4.69, 9.17) is 5.26 Å². The minimum absolute atomic E-state index is 0.333. The van der Waals surface area contributed by atoms with Gasteiger partial charge < -0.3 is 5.32 Å². The van der Waals surface area contributed by atoms with Crippen molar-refractivity contribution >= 4 is 21.6 Å². The number of hydrogen-bond donors (Lipinski definition) is 1. The molecular formula is C15H12BrFN2. The van der Waals surface area contributed by atoms with Gasteiger partial charge in [0.1, 0.15) is 5.82 Å². The number of aryl methyl sites for hydroxylation is 1. The van der Waals surface area contributed by atoms with Gasteiger partial charge in [-0.3, -0.25) is 0 Å². The number of halogens is 2. The van der Waals surface area contributed by atoms with E-state index in [0.29, 0.717) is 17.7 Å². The Morgan fingerprint density at radius 3 is 2.74 bits per heavy atom. The molecule has 0 aliphatic heterocycles. The van der Waals surface area contributed by atoms with Crippen LogP contribution in [0.2, 0.25) is 0 Å². The van der Waals surface area contributed by atoms with Gasteiger partial charge in [-0.2, -0.15) is 5.26 Å². The Labute approximate surface area is 120 Å². The van der Waals surface area contributed by atoms with Crippen LogP contribution >= 0.6 is 15.9 Å². The molecule has 0 saturated heterocycles. The first-order valence-electron chi connectivity index (χ1n) is 5.78. The molecule has 0 aliphatic rings. The molecule has 2 rings (SSSR count). The number of nitrogens with one attached hydrogen (secondary N) is 1. The van der Waals surface area contributed by atoms with Gasteiger partial charge in [-0.05, 0) is 36.8 Å². The van der Waals surface area contributed by atoms with Gasteiger partial charge in [0, 0.05) is 22.3 Å². The zero-order valence-electron chi connectivity index (χ0n) is 10.4. The lowest BCUT2D eigenvalue weighted by Gasteiger charge is -2.10. The monoisotopic (exact) mass is 318 g/mol. The third kappa shape index (κ3) is 3.33. The maximum Gasteiger partial charge on any atom is 0.129 e. The topological polar surface area (TPSA) is 35.8 Å². The molecule has 0 saturated carbocycles. The zero-order chi connectivity index (χ0) is 13.8. The highest BCUT2D eigenvalue weighted by atomic mass is 79.9. The van der Waals surface area contributed by atoms with Crippen LogP contribution in [0.25, 0.3) is 0 Å². The van der Waals surface area contributed by atoms with Crippen molar-refractivity contribution in [3.05, 3.63) is 63.4 Å². The summed E-state index contributed by atoms with van der Waals surface area (Å²) >= 11 is 3.41. The fraction of sp³-hybridized carbons (Fsp3) is 0.133. The lowest BCUT2D eigenvalue weighted by atomic mass is 10.1. The SMILES string of the molecule is Cc1ccc(Br)cc1NCc1ccc(C#N)cc1F. The van der Waals surface area contributed by atoms with Crippen LogP contribution in [-0.4, -0.2) is 0 Å². The van der Waals surface area contributed by atoms with Crippen LogP contribution in [0.3, 0.4) is 0 Å². The Morgan fingerprint density at radius 1 is 1.26 bits per heavy atom. The van der Waals surface area contributed by atoms with E-state index in [-0.39, 0.29) is 5.82 Å². The highest BCUT2D eigenvalue weighted by Gasteiger charge is 2.05. The van der Waals surface area contributed by atoms with Gasteiger partial charge in [-0.1, -0.05) is 28.1 Å². The summed E-state index contributed by atoms with van der Waals surface area (Å²) in [6, 6.07) is 12.3. The predicted molar refractivity (Wildman–Crippen MR) is 77.3 cm³/mol. The normalized spacial score (nSPS) is 10.0. The molecule has 0 spiro atoms. The second-order valence-electron chi connectivity index (χ2n) is 4.23. The van der Waals surface area contributed by atoms with Crippen LogP contribution in [0, 0.1) is 24.1 Å². The minimum Gasteiger partial charge on any atom is -0.381 e. The first-order valence-corrected chi connectivity index (χ1v) is 6.58. The van der Waals surface area contributed by atoms with E-state index in [9.17, 15) is 4.39 Å². The highest BCUT2D eigenvalue weighted by Crippen LogP contribution is 2.21. The Hall–Kier alpha value is -1.86. The summed E-state index contributed by atoms with van der Waals surface area (Å²) in [7, 11) is 0. The summed E-state index contributed by atoms with van der Waals surface area (Å²) in [4.78, 5) is 0. The molecule has 0 unspecified atom stereocenters. The average Bonchev–Trinajstić information content (AvgIpc) is 2.40. The lowest BCUT2D eigenvalue weighted by molar-refractivity contribution is 0.612. The zero-order valence-corrected chi connectivity index (χ0v) is 12.0. The van der Waals surface area contributed by atoms with Crippen LogP contribution in [0.1, 0.15) is 16.7 Å². The molecule has 0 heterocycles. The smallest absolute Gasteiger partial charge is 0.129 e. The Kier molecular flexibility index (Phi) is 4.18. The van der Waals surface area contributed by atoms with E-state index in [1.165, 1.54) is 6.07 Å². The summed E-state index contributed by atoms with van der Waals surface area (Å²) in [5.74, 6) is -0.362. The van der Waals surface area contributed by atoms with E-state index >= 15 is 0 Å². The van der Waals surface area contributed by atoms with E-state index in [1.54, 1.807) is 12.1 Å². The van der Waals surface area contributed by atoms with Crippen LogP contribution < -0.4 is 5.32 Å². The molecule has 2 nitrogen and oxygen atoms in total. The number of nitriles is 1. The maximum atomic E-state index is 13.7. The van der Waals surface area contributed by atoms with Gasteiger partial charge in [0.15, 0.2) is 0 Å². The maximum absolute atomic E-state index is 13.7. The van der Waals surface area contributed by atoms with Crippen molar-refractivity contribution in [3.63, 3.8) is 0 Å². The van der Waals surface area contributed by atoms with Crippen molar-refractivity contribution in [2.24, 2.45) is 0 Å². The first-order chi connectivity index (χ1) is 9.10. The summed E-state index contributed by atoms with van der Waals surface area (Å²) in [6.45, 7) is 2.37. The van der Waals surface area contributed by atoms with Gasteiger partial charge in [0.05, 0.1) is 11.6 Å². The van der Waals surface area contributed by atoms with Gasteiger partial charge in [-0.25, -0.2) is 4.39 Å². The van der Waals surface area contributed by atoms with Crippen LogP contribution in [0.15, 0.2) is 40.9 Å². The quantitative estimate of drug-likeness (QED) is 0.911. The van der Waals surface area contributed by atoms with E-state index in [2.05, 4.69) is 21.2 Å². The van der Waals surface area contributed by atoms with Gasteiger partial charge in [0.2, 0.25) is 0 Å². The molecule has 0 amide bonds. The van der Waals surface area contributed by atoms with Crippen molar-refractivity contribution in [3.8, 4) is 6.07 Å². The average molecular weight is 319 g/mol. The van der Waals surface area contributed by atoms with E-state index in [1.807, 2.05) is 31.2 Å². The lowest BCUT2D eigenvalue weighted by Crippen LogP contribution is -2.03. The predicted octanol–water partition coefficient (Wildman–Crippen LogP) is 4.38. The molecule has 0 aliphatic carbocycles. The van der Waals surface area contributed by atoms with Crippen molar-refractivity contribution < 1.29 is 4.39 Å². The Balaban J connectivity index is 2.15. The van der Waals surface area contributed by atoms with Crippen LogP contribution in [-0.2, 0) is 6.54 Å². The molecule has 0 radical (unpaired) electrons. The van der Waals surface area contributed by atoms with E-state index in [0.717, 1.165) is 15.7 Å². The van der Waals surface area contributed by atoms with E-state index < -0.39 is 0 Å². The van der Waals surface area contributed by atoms with Crippen LogP contribution in [0.5, 0.6) is 0 Å². The second kappa shape index (κ2) is 5.85. The molecule has 19 heavy (non-hydrogen) atoms. The largest absolute Gasteiger partial charge is 0.381 e. The second-order valence-corrected chi connectivity index (χ2v) is 5.15. The van der Waals surface area contributed by atoms with Gasteiger partial charge >= 0.3 is 0 Å². The third-order valence-electron chi connectivity index (χ3n) is 2.85. The molecular weight excluding hydrogens is 307 g/mol. The molecule has 2 aromatic rings. The highest BCUT2D eigenvalue weighted by molar-refractivity contribution is 9.10. The molecule has 4 heteroatoms. The molecule has 0 bridgehead atoms.